The monoisotopic (exact) mass is 352 g/mol. The third-order valence-corrected chi connectivity index (χ3v) is 3.32. The van der Waals surface area contributed by atoms with Gasteiger partial charge in [-0.1, -0.05) is 0 Å². The van der Waals surface area contributed by atoms with Crippen molar-refractivity contribution in [2.45, 2.75) is 19.3 Å². The van der Waals surface area contributed by atoms with E-state index < -0.39 is 24.0 Å². The van der Waals surface area contributed by atoms with E-state index in [-0.39, 0.29) is 12.1 Å². The van der Waals surface area contributed by atoms with E-state index >= 15 is 0 Å². The van der Waals surface area contributed by atoms with Crippen molar-refractivity contribution in [3.05, 3.63) is 57.4 Å². The van der Waals surface area contributed by atoms with Gasteiger partial charge >= 0.3 is 11.9 Å². The molecule has 8 nitrogen and oxygen atoms in total. The van der Waals surface area contributed by atoms with Crippen LogP contribution in [0.25, 0.3) is 10.9 Å². The van der Waals surface area contributed by atoms with E-state index in [1.807, 2.05) is 4.98 Å². The van der Waals surface area contributed by atoms with Crippen LogP contribution in [-0.4, -0.2) is 30.7 Å². The zero-order chi connectivity index (χ0) is 18.0. The quantitative estimate of drug-likeness (QED) is 0.727. The first-order valence-electron chi connectivity index (χ1n) is 7.01. The summed E-state index contributed by atoms with van der Waals surface area (Å²) in [7, 11) is 0. The van der Waals surface area contributed by atoms with Crippen molar-refractivity contribution in [1.82, 2.24) is 24.5 Å². The average molecular weight is 352 g/mol. The summed E-state index contributed by atoms with van der Waals surface area (Å²) < 4.78 is 37.9. The first kappa shape index (κ1) is 16.6. The molecule has 0 saturated heterocycles. The van der Waals surface area contributed by atoms with Gasteiger partial charge in [-0.25, -0.2) is 14.8 Å². The predicted octanol–water partition coefficient (Wildman–Crippen LogP) is 1.05. The van der Waals surface area contributed by atoms with Gasteiger partial charge in [-0.3, -0.25) is 19.3 Å². The normalized spacial score (nSPS) is 11.6. The van der Waals surface area contributed by atoms with E-state index in [2.05, 4.69) is 20.3 Å². The summed E-state index contributed by atoms with van der Waals surface area (Å²) in [6.45, 7) is -1.62. The molecule has 3 rings (SSSR count). The number of hydrogen-bond acceptors (Lipinski definition) is 6. The van der Waals surface area contributed by atoms with E-state index in [4.69, 9.17) is 0 Å². The van der Waals surface area contributed by atoms with Crippen LogP contribution in [-0.2, 0) is 13.1 Å². The molecule has 0 radical (unpaired) electrons. The Morgan fingerprint density at radius 1 is 1.24 bits per heavy atom. The van der Waals surface area contributed by atoms with Crippen LogP contribution in [0.3, 0.4) is 0 Å². The van der Waals surface area contributed by atoms with Crippen LogP contribution in [0, 0.1) is 0 Å². The molecule has 0 atom stereocenters. The standard InChI is InChI=1S/C14H11F3N6O2/c15-14(16,17)6-23-5-8(12(24)22-13(23)25)3-19-11-9-4-18-2-1-10(9)20-7-21-11/h1-2,4-5,7H,3,6H2,(H,19,20,21)(H,22,24,25). The number of rotatable bonds is 4. The summed E-state index contributed by atoms with van der Waals surface area (Å²) in [6, 6.07) is 1.67. The maximum atomic E-state index is 12.5. The molecule has 0 bridgehead atoms. The molecule has 11 heteroatoms. The van der Waals surface area contributed by atoms with E-state index in [0.717, 1.165) is 6.20 Å². The van der Waals surface area contributed by atoms with E-state index in [1.165, 1.54) is 12.5 Å². The molecule has 0 spiro atoms. The summed E-state index contributed by atoms with van der Waals surface area (Å²) >= 11 is 0. The minimum absolute atomic E-state index is 0.0421. The summed E-state index contributed by atoms with van der Waals surface area (Å²) in [4.78, 5) is 37.2. The molecule has 2 N–H and O–H groups in total. The van der Waals surface area contributed by atoms with Gasteiger partial charge in [0.15, 0.2) is 0 Å². The van der Waals surface area contributed by atoms with Crippen molar-refractivity contribution in [3.63, 3.8) is 0 Å². The molecule has 0 aliphatic heterocycles. The van der Waals surface area contributed by atoms with Crippen LogP contribution in [0.15, 0.2) is 40.6 Å². The molecular weight excluding hydrogens is 341 g/mol. The molecule has 0 aliphatic carbocycles. The number of aromatic nitrogens is 5. The van der Waals surface area contributed by atoms with Crippen molar-refractivity contribution in [1.29, 1.82) is 0 Å². The molecule has 0 aromatic carbocycles. The molecule has 3 aromatic rings. The van der Waals surface area contributed by atoms with Crippen molar-refractivity contribution in [2.24, 2.45) is 0 Å². The van der Waals surface area contributed by atoms with E-state index in [1.54, 1.807) is 12.3 Å². The number of fused-ring (bicyclic) bond motifs is 1. The smallest absolute Gasteiger partial charge is 0.365 e. The second kappa shape index (κ2) is 6.34. The maximum absolute atomic E-state index is 12.5. The first-order valence-corrected chi connectivity index (χ1v) is 7.01. The van der Waals surface area contributed by atoms with Gasteiger partial charge in [-0.05, 0) is 6.07 Å². The molecule has 0 fully saturated rings. The third kappa shape index (κ3) is 3.82. The van der Waals surface area contributed by atoms with Crippen LogP contribution in [0.5, 0.6) is 0 Å². The molecule has 130 valence electrons. The lowest BCUT2D eigenvalue weighted by Gasteiger charge is -2.11. The number of hydrogen-bond donors (Lipinski definition) is 2. The highest BCUT2D eigenvalue weighted by atomic mass is 19.4. The van der Waals surface area contributed by atoms with Crippen molar-refractivity contribution in [3.8, 4) is 0 Å². The zero-order valence-electron chi connectivity index (χ0n) is 12.5. The summed E-state index contributed by atoms with van der Waals surface area (Å²) in [5.41, 5.74) is -1.32. The zero-order valence-corrected chi connectivity index (χ0v) is 12.5. The number of aromatic amines is 1. The van der Waals surface area contributed by atoms with Crippen LogP contribution in [0.4, 0.5) is 19.0 Å². The first-order chi connectivity index (χ1) is 11.8. The Bertz CT molecular complexity index is 1020. The van der Waals surface area contributed by atoms with E-state index in [0.29, 0.717) is 21.3 Å². The SMILES string of the molecule is O=c1[nH]c(=O)n(CC(F)(F)F)cc1CNc1ncnc2ccncc12. The minimum atomic E-state index is -4.58. The van der Waals surface area contributed by atoms with Crippen molar-refractivity contribution >= 4 is 16.7 Å². The summed E-state index contributed by atoms with van der Waals surface area (Å²) in [5, 5.41) is 3.43. The fraction of sp³-hybridized carbons (Fsp3) is 0.214. The molecule has 0 amide bonds. The van der Waals surface area contributed by atoms with Gasteiger partial charge in [0.1, 0.15) is 18.7 Å². The third-order valence-electron chi connectivity index (χ3n) is 3.32. The fourth-order valence-corrected chi connectivity index (χ4v) is 2.21. The summed E-state index contributed by atoms with van der Waals surface area (Å²) in [5.74, 6) is 0.367. The second-order valence-electron chi connectivity index (χ2n) is 5.13. The number of halogens is 3. The predicted molar refractivity (Wildman–Crippen MR) is 82.0 cm³/mol. The van der Waals surface area contributed by atoms with Gasteiger partial charge in [0.25, 0.3) is 5.56 Å². The van der Waals surface area contributed by atoms with Gasteiger partial charge < -0.3 is 5.32 Å². The maximum Gasteiger partial charge on any atom is 0.406 e. The molecular formula is C14H11F3N6O2. The molecule has 3 aromatic heterocycles. The lowest BCUT2D eigenvalue weighted by molar-refractivity contribution is -0.141. The highest BCUT2D eigenvalue weighted by Crippen LogP contribution is 2.18. The van der Waals surface area contributed by atoms with E-state index in [9.17, 15) is 22.8 Å². The molecule has 0 unspecified atom stereocenters. The van der Waals surface area contributed by atoms with Gasteiger partial charge in [0.2, 0.25) is 0 Å². The second-order valence-corrected chi connectivity index (χ2v) is 5.13. The summed E-state index contributed by atoms with van der Waals surface area (Å²) in [6.07, 6.45) is 0.674. The Labute approximate surface area is 137 Å². The molecule has 0 aliphatic rings. The number of H-pyrrole nitrogens is 1. The Balaban J connectivity index is 1.89. The van der Waals surface area contributed by atoms with Crippen molar-refractivity contribution < 1.29 is 13.2 Å². The van der Waals surface area contributed by atoms with Gasteiger partial charge in [-0.2, -0.15) is 13.2 Å². The van der Waals surface area contributed by atoms with Crippen LogP contribution in [0.1, 0.15) is 5.56 Å². The lowest BCUT2D eigenvalue weighted by atomic mass is 10.3. The average Bonchev–Trinajstić information content (AvgIpc) is 2.55. The van der Waals surface area contributed by atoms with Gasteiger partial charge in [-0.15, -0.1) is 0 Å². The topological polar surface area (TPSA) is 106 Å². The van der Waals surface area contributed by atoms with Crippen LogP contribution < -0.4 is 16.6 Å². The van der Waals surface area contributed by atoms with Gasteiger partial charge in [0.05, 0.1) is 16.5 Å². The highest BCUT2D eigenvalue weighted by Gasteiger charge is 2.28. The largest absolute Gasteiger partial charge is 0.406 e. The lowest BCUT2D eigenvalue weighted by Crippen LogP contribution is -2.35. The Morgan fingerprint density at radius 2 is 2.04 bits per heavy atom. The number of nitrogens with zero attached hydrogens (tertiary/aromatic N) is 4. The highest BCUT2D eigenvalue weighted by molar-refractivity contribution is 5.87. The number of pyridine rings is 1. The molecule has 25 heavy (non-hydrogen) atoms. The Kier molecular flexibility index (Phi) is 4.21. The fourth-order valence-electron chi connectivity index (χ4n) is 2.21. The Morgan fingerprint density at radius 3 is 2.80 bits per heavy atom. The molecule has 0 saturated carbocycles. The molecule has 3 heterocycles. The van der Waals surface area contributed by atoms with Crippen LogP contribution >= 0.6 is 0 Å². The Hall–Kier alpha value is -3.24. The number of nitrogens with one attached hydrogen (secondary N) is 2. The number of alkyl halides is 3. The van der Waals surface area contributed by atoms with Crippen LogP contribution in [0.2, 0.25) is 0 Å². The van der Waals surface area contributed by atoms with Crippen molar-refractivity contribution in [2.75, 3.05) is 5.32 Å². The van der Waals surface area contributed by atoms with Gasteiger partial charge in [0, 0.05) is 25.1 Å². The minimum Gasteiger partial charge on any atom is -0.365 e. The number of anilines is 1.